The highest BCUT2D eigenvalue weighted by Gasteiger charge is 2.17. The van der Waals surface area contributed by atoms with Crippen LogP contribution in [0.15, 0.2) is 27.1 Å². The monoisotopic (exact) mass is 314 g/mol. The van der Waals surface area contributed by atoms with Crippen molar-refractivity contribution in [2.24, 2.45) is 0 Å². The van der Waals surface area contributed by atoms with Gasteiger partial charge in [-0.3, -0.25) is 0 Å². The molecule has 1 aromatic heterocycles. The molecule has 2 aromatic rings. The van der Waals surface area contributed by atoms with E-state index in [1.54, 1.807) is 13.0 Å². The van der Waals surface area contributed by atoms with Gasteiger partial charge in [0.1, 0.15) is 5.82 Å². The lowest BCUT2D eigenvalue weighted by Crippen LogP contribution is -2.04. The predicted molar refractivity (Wildman–Crippen MR) is 63.3 cm³/mol. The fourth-order valence-electron chi connectivity index (χ4n) is 1.29. The van der Waals surface area contributed by atoms with Crippen molar-refractivity contribution >= 4 is 21.9 Å². The first-order valence-electron chi connectivity index (χ1n) is 5.07. The van der Waals surface area contributed by atoms with Crippen molar-refractivity contribution in [1.82, 2.24) is 10.2 Å². The third kappa shape index (κ3) is 2.73. The van der Waals surface area contributed by atoms with Gasteiger partial charge in [0, 0.05) is 10.0 Å². The van der Waals surface area contributed by atoms with Crippen molar-refractivity contribution in [2.45, 2.75) is 6.92 Å². The number of hydrogen-bond donors (Lipinski definition) is 0. The Balaban J connectivity index is 2.32. The van der Waals surface area contributed by atoms with E-state index in [-0.39, 0.29) is 18.4 Å². The van der Waals surface area contributed by atoms with Gasteiger partial charge < -0.3 is 9.15 Å². The van der Waals surface area contributed by atoms with Crippen LogP contribution in [0.4, 0.5) is 4.39 Å². The van der Waals surface area contributed by atoms with Gasteiger partial charge >= 0.3 is 11.9 Å². The summed E-state index contributed by atoms with van der Waals surface area (Å²) in [7, 11) is 0. The molecule has 5 nitrogen and oxygen atoms in total. The zero-order valence-electron chi connectivity index (χ0n) is 9.31. The molecule has 0 saturated heterocycles. The minimum Gasteiger partial charge on any atom is -0.459 e. The van der Waals surface area contributed by atoms with Gasteiger partial charge in [0.05, 0.1) is 6.61 Å². The van der Waals surface area contributed by atoms with Gasteiger partial charge in [-0.25, -0.2) is 9.18 Å². The highest BCUT2D eigenvalue weighted by Crippen LogP contribution is 2.23. The van der Waals surface area contributed by atoms with Gasteiger partial charge in [0.2, 0.25) is 5.89 Å². The summed E-state index contributed by atoms with van der Waals surface area (Å²) >= 11 is 3.15. The highest BCUT2D eigenvalue weighted by molar-refractivity contribution is 9.10. The van der Waals surface area contributed by atoms with Crippen LogP contribution in [0, 0.1) is 5.82 Å². The maximum absolute atomic E-state index is 13.2. The fraction of sp³-hybridized carbons (Fsp3) is 0.182. The smallest absolute Gasteiger partial charge is 0.396 e. The number of benzene rings is 1. The van der Waals surface area contributed by atoms with E-state index < -0.39 is 11.8 Å². The van der Waals surface area contributed by atoms with Gasteiger partial charge in [0.25, 0.3) is 0 Å². The number of ether oxygens (including phenoxy) is 1. The van der Waals surface area contributed by atoms with Crippen molar-refractivity contribution < 1.29 is 18.3 Å². The molecular weight excluding hydrogens is 307 g/mol. The minimum absolute atomic E-state index is 0.0539. The summed E-state index contributed by atoms with van der Waals surface area (Å²) in [4.78, 5) is 11.3. The summed E-state index contributed by atoms with van der Waals surface area (Å²) in [5, 5.41) is 7.21. The summed E-state index contributed by atoms with van der Waals surface area (Å²) < 4.78 is 23.5. The topological polar surface area (TPSA) is 65.2 Å². The Labute approximate surface area is 110 Å². The molecule has 0 atom stereocenters. The van der Waals surface area contributed by atoms with Crippen LogP contribution in [0.1, 0.15) is 17.6 Å². The molecule has 0 aliphatic rings. The average molecular weight is 315 g/mol. The molecule has 0 spiro atoms. The maximum Gasteiger partial charge on any atom is 0.396 e. The number of rotatable bonds is 3. The molecule has 0 radical (unpaired) electrons. The van der Waals surface area contributed by atoms with Crippen LogP contribution in [-0.2, 0) is 4.74 Å². The molecule has 2 rings (SSSR count). The van der Waals surface area contributed by atoms with E-state index in [1.165, 1.54) is 12.1 Å². The van der Waals surface area contributed by atoms with Crippen molar-refractivity contribution in [3.8, 4) is 11.5 Å². The lowest BCUT2D eigenvalue weighted by atomic mass is 10.2. The minimum atomic E-state index is -0.702. The fourth-order valence-corrected chi connectivity index (χ4v) is 1.76. The number of nitrogens with zero attached hydrogens (tertiary/aromatic N) is 2. The number of carbonyl (C=O) groups is 1. The molecule has 7 heteroatoms. The van der Waals surface area contributed by atoms with Gasteiger partial charge in [-0.2, -0.15) is 0 Å². The normalized spacial score (nSPS) is 10.4. The molecule has 0 amide bonds. The van der Waals surface area contributed by atoms with Gasteiger partial charge in [0.15, 0.2) is 0 Å². The number of esters is 1. The van der Waals surface area contributed by atoms with E-state index >= 15 is 0 Å². The second-order valence-corrected chi connectivity index (χ2v) is 4.21. The molecule has 18 heavy (non-hydrogen) atoms. The lowest BCUT2D eigenvalue weighted by Gasteiger charge is -1.97. The summed E-state index contributed by atoms with van der Waals surface area (Å²) in [6, 6.07) is 4.13. The van der Waals surface area contributed by atoms with Crippen molar-refractivity contribution in [3.05, 3.63) is 34.4 Å². The van der Waals surface area contributed by atoms with Crippen molar-refractivity contribution in [2.75, 3.05) is 6.61 Å². The number of hydrogen-bond acceptors (Lipinski definition) is 5. The van der Waals surface area contributed by atoms with E-state index in [2.05, 4.69) is 26.1 Å². The Kier molecular flexibility index (Phi) is 3.71. The van der Waals surface area contributed by atoms with E-state index in [0.29, 0.717) is 10.0 Å². The van der Waals surface area contributed by atoms with Crippen molar-refractivity contribution in [3.63, 3.8) is 0 Å². The molecule has 0 aliphatic carbocycles. The van der Waals surface area contributed by atoms with E-state index in [4.69, 9.17) is 9.15 Å². The average Bonchev–Trinajstić information content (AvgIpc) is 2.77. The number of halogens is 2. The maximum atomic E-state index is 13.2. The quantitative estimate of drug-likeness (QED) is 0.815. The second kappa shape index (κ2) is 5.26. The Morgan fingerprint density at radius 2 is 2.22 bits per heavy atom. The third-order valence-corrected chi connectivity index (χ3v) is 2.44. The molecule has 94 valence electrons. The molecule has 1 aromatic carbocycles. The lowest BCUT2D eigenvalue weighted by molar-refractivity contribution is 0.0481. The Bertz CT molecular complexity index is 565. The van der Waals surface area contributed by atoms with E-state index in [0.717, 1.165) is 0 Å². The highest BCUT2D eigenvalue weighted by atomic mass is 79.9. The molecule has 0 unspecified atom stereocenters. The van der Waals surface area contributed by atoms with Gasteiger partial charge in [-0.15, -0.1) is 10.2 Å². The van der Waals surface area contributed by atoms with E-state index in [1.807, 2.05) is 0 Å². The van der Waals surface area contributed by atoms with Crippen LogP contribution < -0.4 is 0 Å². The van der Waals surface area contributed by atoms with Gasteiger partial charge in [-0.05, 0) is 25.1 Å². The van der Waals surface area contributed by atoms with Crippen molar-refractivity contribution in [1.29, 1.82) is 0 Å². The summed E-state index contributed by atoms with van der Waals surface area (Å²) in [6.45, 7) is 1.88. The Morgan fingerprint density at radius 3 is 2.89 bits per heavy atom. The first-order valence-corrected chi connectivity index (χ1v) is 5.86. The second-order valence-electron chi connectivity index (χ2n) is 3.29. The Morgan fingerprint density at radius 1 is 1.44 bits per heavy atom. The first kappa shape index (κ1) is 12.7. The zero-order chi connectivity index (χ0) is 13.1. The van der Waals surface area contributed by atoms with Gasteiger partial charge in [-0.1, -0.05) is 15.9 Å². The molecule has 0 fully saturated rings. The summed E-state index contributed by atoms with van der Waals surface area (Å²) in [5.41, 5.74) is 0.380. The van der Waals surface area contributed by atoms with Crippen LogP contribution in [0.2, 0.25) is 0 Å². The predicted octanol–water partition coefficient (Wildman–Crippen LogP) is 2.81. The summed E-state index contributed by atoms with van der Waals surface area (Å²) in [6.07, 6.45) is 0. The third-order valence-electron chi connectivity index (χ3n) is 1.98. The molecule has 0 aliphatic heterocycles. The molecule has 1 heterocycles. The number of carbonyl (C=O) groups excluding carboxylic acids is 1. The standard InChI is InChI=1S/C11H8BrFN2O3/c1-2-17-11(16)10-15-14-9(18-10)6-3-7(12)5-8(13)4-6/h3-5H,2H2,1H3. The SMILES string of the molecule is CCOC(=O)c1nnc(-c2cc(F)cc(Br)c2)o1. The summed E-state index contributed by atoms with van der Waals surface area (Å²) in [5.74, 6) is -1.35. The van der Waals surface area contributed by atoms with Crippen LogP contribution in [0.25, 0.3) is 11.5 Å². The molecule has 0 bridgehead atoms. The molecule has 0 N–H and O–H groups in total. The molecular formula is C11H8BrFN2O3. The van der Waals surface area contributed by atoms with Crippen LogP contribution >= 0.6 is 15.9 Å². The van der Waals surface area contributed by atoms with Crippen LogP contribution in [-0.4, -0.2) is 22.8 Å². The van der Waals surface area contributed by atoms with E-state index in [9.17, 15) is 9.18 Å². The number of aromatic nitrogens is 2. The van der Waals surface area contributed by atoms with Crippen LogP contribution in [0.5, 0.6) is 0 Å². The first-order chi connectivity index (χ1) is 8.60. The van der Waals surface area contributed by atoms with Crippen LogP contribution in [0.3, 0.4) is 0 Å². The Hall–Kier alpha value is -1.76. The zero-order valence-corrected chi connectivity index (χ0v) is 10.9. The molecule has 0 saturated carbocycles. The largest absolute Gasteiger partial charge is 0.459 e.